The minimum Gasteiger partial charge on any atom is -0.469 e. The molecule has 3 nitrogen and oxygen atoms in total. The van der Waals surface area contributed by atoms with Crippen LogP contribution in [0, 0.1) is 11.8 Å². The summed E-state index contributed by atoms with van der Waals surface area (Å²) in [6.07, 6.45) is 1.26. The van der Waals surface area contributed by atoms with E-state index in [4.69, 9.17) is 4.74 Å². The van der Waals surface area contributed by atoms with Gasteiger partial charge in [-0.1, -0.05) is 30.3 Å². The van der Waals surface area contributed by atoms with Crippen LogP contribution in [0.15, 0.2) is 30.3 Å². The van der Waals surface area contributed by atoms with Gasteiger partial charge in [0.2, 0.25) is 0 Å². The fourth-order valence-corrected chi connectivity index (χ4v) is 2.03. The van der Waals surface area contributed by atoms with Gasteiger partial charge < -0.3 is 9.84 Å². The van der Waals surface area contributed by atoms with E-state index in [0.717, 1.165) is 18.4 Å². The second-order valence-corrected chi connectivity index (χ2v) is 4.24. The number of aliphatic hydroxyl groups is 1. The third-order valence-corrected chi connectivity index (χ3v) is 3.08. The molecule has 1 aliphatic carbocycles. The summed E-state index contributed by atoms with van der Waals surface area (Å²) in [6, 6.07) is 9.28. The molecule has 1 fully saturated rings. The van der Waals surface area contributed by atoms with Crippen molar-refractivity contribution in [1.29, 1.82) is 0 Å². The normalized spacial score (nSPS) is 18.9. The van der Waals surface area contributed by atoms with Gasteiger partial charge in [0, 0.05) is 0 Å². The molecule has 0 bridgehead atoms. The molecule has 0 saturated heterocycles. The minimum atomic E-state index is -0.749. The van der Waals surface area contributed by atoms with Gasteiger partial charge in [-0.2, -0.15) is 0 Å². The fourth-order valence-electron chi connectivity index (χ4n) is 2.03. The molecule has 86 valence electrons. The lowest BCUT2D eigenvalue weighted by Crippen LogP contribution is -2.25. The van der Waals surface area contributed by atoms with Gasteiger partial charge in [0.05, 0.1) is 19.1 Å². The Morgan fingerprint density at radius 3 is 2.50 bits per heavy atom. The maximum atomic E-state index is 11.6. The summed E-state index contributed by atoms with van der Waals surface area (Å²) in [5.41, 5.74) is 0.782. The Hall–Kier alpha value is -1.35. The molecule has 16 heavy (non-hydrogen) atoms. The van der Waals surface area contributed by atoms with E-state index in [2.05, 4.69) is 0 Å². The van der Waals surface area contributed by atoms with Gasteiger partial charge in [-0.15, -0.1) is 0 Å². The molecule has 3 heteroatoms. The summed E-state index contributed by atoms with van der Waals surface area (Å²) in [5.74, 6) is -0.436. The van der Waals surface area contributed by atoms with Gasteiger partial charge in [-0.25, -0.2) is 0 Å². The van der Waals surface area contributed by atoms with Crippen LogP contribution in [-0.4, -0.2) is 18.2 Å². The number of benzene rings is 1. The van der Waals surface area contributed by atoms with E-state index in [1.54, 1.807) is 0 Å². The molecular weight excluding hydrogens is 204 g/mol. The van der Waals surface area contributed by atoms with Crippen LogP contribution in [0.5, 0.6) is 0 Å². The maximum Gasteiger partial charge on any atom is 0.311 e. The van der Waals surface area contributed by atoms with E-state index in [-0.39, 0.29) is 11.9 Å². The largest absolute Gasteiger partial charge is 0.469 e. The van der Waals surface area contributed by atoms with Crippen molar-refractivity contribution in [3.63, 3.8) is 0 Å². The van der Waals surface area contributed by atoms with Crippen LogP contribution in [0.4, 0.5) is 0 Å². The molecule has 2 atom stereocenters. The van der Waals surface area contributed by atoms with Crippen molar-refractivity contribution in [1.82, 2.24) is 0 Å². The maximum absolute atomic E-state index is 11.6. The topological polar surface area (TPSA) is 46.5 Å². The molecule has 0 radical (unpaired) electrons. The van der Waals surface area contributed by atoms with Crippen molar-refractivity contribution < 1.29 is 14.6 Å². The summed E-state index contributed by atoms with van der Waals surface area (Å²) in [6.45, 7) is 0. The lowest BCUT2D eigenvalue weighted by molar-refractivity contribution is -0.150. The SMILES string of the molecule is COC(=O)C(C1CC1)C(O)c1ccccc1. The Bertz CT molecular complexity index is 357. The molecule has 1 aliphatic rings. The third-order valence-electron chi connectivity index (χ3n) is 3.08. The summed E-state index contributed by atoms with van der Waals surface area (Å²) >= 11 is 0. The van der Waals surface area contributed by atoms with Crippen LogP contribution in [-0.2, 0) is 9.53 Å². The van der Waals surface area contributed by atoms with Gasteiger partial charge >= 0.3 is 5.97 Å². The van der Waals surface area contributed by atoms with Gasteiger partial charge in [0.25, 0.3) is 0 Å². The lowest BCUT2D eigenvalue weighted by Gasteiger charge is -2.20. The van der Waals surface area contributed by atoms with E-state index >= 15 is 0 Å². The van der Waals surface area contributed by atoms with Crippen molar-refractivity contribution in [2.24, 2.45) is 11.8 Å². The molecule has 0 heterocycles. The van der Waals surface area contributed by atoms with Gasteiger partial charge in [-0.05, 0) is 24.3 Å². The zero-order valence-corrected chi connectivity index (χ0v) is 9.30. The Kier molecular flexibility index (Phi) is 3.25. The highest BCUT2D eigenvalue weighted by Crippen LogP contribution is 2.43. The zero-order valence-electron chi connectivity index (χ0n) is 9.30. The number of aliphatic hydroxyl groups excluding tert-OH is 1. The number of rotatable bonds is 4. The second-order valence-electron chi connectivity index (χ2n) is 4.24. The lowest BCUT2D eigenvalue weighted by atomic mass is 9.91. The minimum absolute atomic E-state index is 0.280. The van der Waals surface area contributed by atoms with Crippen LogP contribution in [0.3, 0.4) is 0 Å². The first-order chi connectivity index (χ1) is 7.74. The van der Waals surface area contributed by atoms with Crippen molar-refractivity contribution in [3.05, 3.63) is 35.9 Å². The Labute approximate surface area is 95.0 Å². The van der Waals surface area contributed by atoms with E-state index in [1.165, 1.54) is 7.11 Å². The van der Waals surface area contributed by atoms with Crippen molar-refractivity contribution in [3.8, 4) is 0 Å². The zero-order chi connectivity index (χ0) is 11.5. The quantitative estimate of drug-likeness (QED) is 0.788. The molecule has 0 amide bonds. The predicted molar refractivity (Wildman–Crippen MR) is 59.6 cm³/mol. The molecule has 1 N–H and O–H groups in total. The van der Waals surface area contributed by atoms with Crippen LogP contribution in [0.2, 0.25) is 0 Å². The number of carbonyl (C=O) groups excluding carboxylic acids is 1. The molecule has 1 aromatic rings. The first-order valence-electron chi connectivity index (χ1n) is 5.55. The fraction of sp³-hybridized carbons (Fsp3) is 0.462. The molecule has 0 aromatic heterocycles. The molecule has 0 spiro atoms. The number of methoxy groups -OCH3 is 1. The Morgan fingerprint density at radius 1 is 1.38 bits per heavy atom. The monoisotopic (exact) mass is 220 g/mol. The average molecular weight is 220 g/mol. The smallest absolute Gasteiger partial charge is 0.311 e. The van der Waals surface area contributed by atoms with E-state index < -0.39 is 12.0 Å². The first-order valence-corrected chi connectivity index (χ1v) is 5.55. The highest BCUT2D eigenvalue weighted by Gasteiger charge is 2.42. The Morgan fingerprint density at radius 2 is 2.00 bits per heavy atom. The average Bonchev–Trinajstić information content (AvgIpc) is 3.14. The summed E-state index contributed by atoms with van der Waals surface area (Å²) < 4.78 is 4.76. The number of hydrogen-bond donors (Lipinski definition) is 1. The highest BCUT2D eigenvalue weighted by atomic mass is 16.5. The predicted octanol–water partition coefficient (Wildman–Crippen LogP) is 1.92. The summed E-state index contributed by atoms with van der Waals surface area (Å²) in [4.78, 5) is 11.6. The number of hydrogen-bond acceptors (Lipinski definition) is 3. The van der Waals surface area contributed by atoms with Crippen LogP contribution < -0.4 is 0 Å². The summed E-state index contributed by atoms with van der Waals surface area (Å²) in [7, 11) is 1.37. The third kappa shape index (κ3) is 2.25. The van der Waals surface area contributed by atoms with Gasteiger partial charge in [0.1, 0.15) is 0 Å². The van der Waals surface area contributed by atoms with Crippen molar-refractivity contribution in [2.45, 2.75) is 18.9 Å². The molecule has 2 unspecified atom stereocenters. The molecular formula is C13H16O3. The van der Waals surface area contributed by atoms with Crippen LogP contribution in [0.1, 0.15) is 24.5 Å². The van der Waals surface area contributed by atoms with Crippen molar-refractivity contribution >= 4 is 5.97 Å². The molecule has 1 saturated carbocycles. The Balaban J connectivity index is 2.17. The highest BCUT2D eigenvalue weighted by molar-refractivity contribution is 5.74. The van der Waals surface area contributed by atoms with Crippen molar-refractivity contribution in [2.75, 3.05) is 7.11 Å². The van der Waals surface area contributed by atoms with Crippen LogP contribution in [0.25, 0.3) is 0 Å². The van der Waals surface area contributed by atoms with Gasteiger partial charge in [0.15, 0.2) is 0 Å². The number of ether oxygens (including phenoxy) is 1. The van der Waals surface area contributed by atoms with E-state index in [0.29, 0.717) is 0 Å². The van der Waals surface area contributed by atoms with Gasteiger partial charge in [-0.3, -0.25) is 4.79 Å². The number of carbonyl (C=O) groups is 1. The van der Waals surface area contributed by atoms with E-state index in [1.807, 2.05) is 30.3 Å². The molecule has 0 aliphatic heterocycles. The summed E-state index contributed by atoms with van der Waals surface area (Å²) in [5, 5.41) is 10.2. The number of esters is 1. The standard InChI is InChI=1S/C13H16O3/c1-16-13(15)11(9-7-8-9)12(14)10-5-3-2-4-6-10/h2-6,9,11-12,14H,7-8H2,1H3. The molecule has 1 aromatic carbocycles. The second kappa shape index (κ2) is 4.66. The molecule has 2 rings (SSSR count). The first kappa shape index (κ1) is 11.1. The van der Waals surface area contributed by atoms with E-state index in [9.17, 15) is 9.90 Å². The van der Waals surface area contributed by atoms with Crippen LogP contribution >= 0.6 is 0 Å².